The molecule has 1 aromatic rings. The smallest absolute Gasteiger partial charge is 0.338 e. The Hall–Kier alpha value is -2.36. The Morgan fingerprint density at radius 2 is 2.00 bits per heavy atom. The Kier molecular flexibility index (Phi) is 10.2. The third-order valence-corrected chi connectivity index (χ3v) is 2.44. The topological polar surface area (TPSA) is 63.6 Å². The van der Waals surface area contributed by atoms with Crippen molar-refractivity contribution >= 4 is 18.0 Å². The second-order valence-electron chi connectivity index (χ2n) is 4.12. The average Bonchev–Trinajstić information content (AvgIpc) is 2.47. The van der Waals surface area contributed by atoms with Gasteiger partial charge in [0.2, 0.25) is 0 Å². The second kappa shape index (κ2) is 11.5. The highest BCUT2D eigenvalue weighted by atomic mass is 16.5. The second-order valence-corrected chi connectivity index (χ2v) is 4.12. The highest BCUT2D eigenvalue weighted by Gasteiger charge is 2.09. The van der Waals surface area contributed by atoms with Gasteiger partial charge in [-0.15, -0.1) is 0 Å². The number of benzene rings is 1. The molecule has 0 fully saturated rings. The molecule has 0 aliphatic rings. The largest absolute Gasteiger partial charge is 0.478 e. The van der Waals surface area contributed by atoms with E-state index in [0.29, 0.717) is 12.2 Å². The predicted molar refractivity (Wildman–Crippen MR) is 84.2 cm³/mol. The van der Waals surface area contributed by atoms with E-state index in [1.807, 2.05) is 18.2 Å². The van der Waals surface area contributed by atoms with Crippen LogP contribution in [0.1, 0.15) is 42.6 Å². The summed E-state index contributed by atoms with van der Waals surface area (Å²) in [6, 6.07) is 7.30. The van der Waals surface area contributed by atoms with Gasteiger partial charge in [0, 0.05) is 6.08 Å². The molecule has 0 saturated heterocycles. The van der Waals surface area contributed by atoms with Gasteiger partial charge in [0.05, 0.1) is 12.2 Å². The monoisotopic (exact) mass is 290 g/mol. The lowest BCUT2D eigenvalue weighted by molar-refractivity contribution is -0.131. The van der Waals surface area contributed by atoms with Crippen molar-refractivity contribution < 1.29 is 19.4 Å². The van der Waals surface area contributed by atoms with E-state index in [-0.39, 0.29) is 5.97 Å². The van der Waals surface area contributed by atoms with Crippen molar-refractivity contribution in [1.82, 2.24) is 0 Å². The van der Waals surface area contributed by atoms with E-state index in [4.69, 9.17) is 9.84 Å². The summed E-state index contributed by atoms with van der Waals surface area (Å²) >= 11 is 0. The van der Waals surface area contributed by atoms with Crippen molar-refractivity contribution in [3.8, 4) is 0 Å². The third-order valence-electron chi connectivity index (χ3n) is 2.44. The minimum absolute atomic E-state index is 0.265. The molecule has 0 atom stereocenters. The normalized spacial score (nSPS) is 9.62. The predicted octanol–water partition coefficient (Wildman–Crippen LogP) is 3.93. The van der Waals surface area contributed by atoms with Gasteiger partial charge in [-0.2, -0.15) is 0 Å². The molecule has 0 amide bonds. The molecule has 0 bridgehead atoms. The highest BCUT2D eigenvalue weighted by molar-refractivity contribution is 5.93. The van der Waals surface area contributed by atoms with Crippen LogP contribution in [0.2, 0.25) is 0 Å². The van der Waals surface area contributed by atoms with Gasteiger partial charge in [0.1, 0.15) is 0 Å². The zero-order chi connectivity index (χ0) is 16.1. The maximum absolute atomic E-state index is 11.6. The molecule has 4 heteroatoms. The van der Waals surface area contributed by atoms with Crippen molar-refractivity contribution in [2.24, 2.45) is 0 Å². The first-order valence-electron chi connectivity index (χ1n) is 6.81. The van der Waals surface area contributed by atoms with Gasteiger partial charge >= 0.3 is 11.9 Å². The number of unbranched alkanes of at least 4 members (excludes halogenated alkanes) is 1. The average molecular weight is 290 g/mol. The Morgan fingerprint density at radius 3 is 2.48 bits per heavy atom. The van der Waals surface area contributed by atoms with E-state index < -0.39 is 5.97 Å². The number of esters is 1. The van der Waals surface area contributed by atoms with Crippen LogP contribution in [0, 0.1) is 0 Å². The molecule has 114 valence electrons. The highest BCUT2D eigenvalue weighted by Crippen LogP contribution is 2.11. The summed E-state index contributed by atoms with van der Waals surface area (Å²) < 4.78 is 5.12. The van der Waals surface area contributed by atoms with Gasteiger partial charge in [0.25, 0.3) is 0 Å². The minimum atomic E-state index is -0.891. The first-order valence-corrected chi connectivity index (χ1v) is 6.81. The summed E-state index contributed by atoms with van der Waals surface area (Å²) in [5.41, 5.74) is 1.41. The van der Waals surface area contributed by atoms with Crippen LogP contribution in [0.25, 0.3) is 6.08 Å². The number of allylic oxidation sites excluding steroid dienone is 1. The van der Waals surface area contributed by atoms with Crippen LogP contribution in [-0.4, -0.2) is 23.7 Å². The van der Waals surface area contributed by atoms with Crippen LogP contribution in [-0.2, 0) is 9.53 Å². The van der Waals surface area contributed by atoms with Crippen molar-refractivity contribution in [2.75, 3.05) is 6.61 Å². The number of hydrogen-bond acceptors (Lipinski definition) is 3. The molecule has 4 nitrogen and oxygen atoms in total. The number of ether oxygens (including phenoxy) is 1. The number of carbonyl (C=O) groups is 2. The van der Waals surface area contributed by atoms with Crippen LogP contribution < -0.4 is 0 Å². The van der Waals surface area contributed by atoms with Crippen molar-refractivity contribution in [3.05, 3.63) is 54.1 Å². The van der Waals surface area contributed by atoms with Crippen LogP contribution in [0.15, 0.2) is 43.0 Å². The summed E-state index contributed by atoms with van der Waals surface area (Å²) in [4.78, 5) is 21.1. The van der Waals surface area contributed by atoms with E-state index in [1.165, 1.54) is 6.08 Å². The van der Waals surface area contributed by atoms with Crippen LogP contribution in [0.3, 0.4) is 0 Å². The summed E-state index contributed by atoms with van der Waals surface area (Å²) in [5, 5.41) is 7.83. The number of hydrogen-bond donors (Lipinski definition) is 1. The SMILES string of the molecule is C/C=C/C(=O)O.C=Cc1ccccc1C(=O)OCCCC. The maximum Gasteiger partial charge on any atom is 0.338 e. The zero-order valence-electron chi connectivity index (χ0n) is 12.5. The molecular weight excluding hydrogens is 268 g/mol. The molecule has 0 heterocycles. The summed E-state index contributed by atoms with van der Waals surface area (Å²) in [5.74, 6) is -1.16. The van der Waals surface area contributed by atoms with E-state index in [1.54, 1.807) is 19.1 Å². The number of rotatable bonds is 6. The molecule has 0 saturated carbocycles. The molecule has 21 heavy (non-hydrogen) atoms. The molecule has 0 unspecified atom stereocenters. The summed E-state index contributed by atoms with van der Waals surface area (Å²) in [6.07, 6.45) is 6.15. The summed E-state index contributed by atoms with van der Waals surface area (Å²) in [6.45, 7) is 7.87. The molecule has 1 rings (SSSR count). The quantitative estimate of drug-likeness (QED) is 0.490. The fourth-order valence-corrected chi connectivity index (χ4v) is 1.39. The molecule has 0 spiro atoms. The fourth-order valence-electron chi connectivity index (χ4n) is 1.39. The van der Waals surface area contributed by atoms with E-state index in [2.05, 4.69) is 13.5 Å². The standard InChI is InChI=1S/C13H16O2.C4H6O2/c1-3-5-10-15-13(14)12-9-7-6-8-11(12)4-2;1-2-3-4(5)6/h4,6-9H,2-3,5,10H2,1H3;2-3H,1H3,(H,5,6)/b;3-2+. The Morgan fingerprint density at radius 1 is 1.33 bits per heavy atom. The van der Waals surface area contributed by atoms with Gasteiger partial charge in [-0.1, -0.05) is 50.3 Å². The van der Waals surface area contributed by atoms with Crippen LogP contribution >= 0.6 is 0 Å². The van der Waals surface area contributed by atoms with E-state index in [0.717, 1.165) is 24.5 Å². The molecule has 0 aromatic heterocycles. The molecular formula is C17H22O4. The number of carbonyl (C=O) groups excluding carboxylic acids is 1. The van der Waals surface area contributed by atoms with Crippen molar-refractivity contribution in [2.45, 2.75) is 26.7 Å². The Balaban J connectivity index is 0.000000567. The molecule has 0 radical (unpaired) electrons. The van der Waals surface area contributed by atoms with Crippen LogP contribution in [0.5, 0.6) is 0 Å². The van der Waals surface area contributed by atoms with Gasteiger partial charge in [-0.25, -0.2) is 9.59 Å². The van der Waals surface area contributed by atoms with E-state index >= 15 is 0 Å². The number of carboxylic acids is 1. The first-order chi connectivity index (χ1) is 10.1. The zero-order valence-corrected chi connectivity index (χ0v) is 12.5. The van der Waals surface area contributed by atoms with Gasteiger partial charge in [0.15, 0.2) is 0 Å². The lowest BCUT2D eigenvalue weighted by Crippen LogP contribution is -2.07. The maximum atomic E-state index is 11.6. The molecule has 0 aliphatic carbocycles. The van der Waals surface area contributed by atoms with Gasteiger partial charge in [-0.05, 0) is 25.0 Å². The summed E-state index contributed by atoms with van der Waals surface area (Å²) in [7, 11) is 0. The van der Waals surface area contributed by atoms with Crippen LogP contribution in [0.4, 0.5) is 0 Å². The Labute approximate surface area is 125 Å². The number of carboxylic acid groups (broad SMARTS) is 1. The fraction of sp³-hybridized carbons (Fsp3) is 0.294. The molecule has 0 aliphatic heterocycles. The molecule has 1 aromatic carbocycles. The lowest BCUT2D eigenvalue weighted by Gasteiger charge is -2.06. The first kappa shape index (κ1) is 18.6. The van der Waals surface area contributed by atoms with E-state index in [9.17, 15) is 9.59 Å². The Bertz CT molecular complexity index is 489. The van der Waals surface area contributed by atoms with Gasteiger partial charge < -0.3 is 9.84 Å². The molecule has 1 N–H and O–H groups in total. The number of aliphatic carboxylic acids is 1. The van der Waals surface area contributed by atoms with Crippen molar-refractivity contribution in [1.29, 1.82) is 0 Å². The van der Waals surface area contributed by atoms with Gasteiger partial charge in [-0.3, -0.25) is 0 Å². The van der Waals surface area contributed by atoms with Crippen molar-refractivity contribution in [3.63, 3.8) is 0 Å². The minimum Gasteiger partial charge on any atom is -0.478 e. The lowest BCUT2D eigenvalue weighted by atomic mass is 10.1. The third kappa shape index (κ3) is 8.42.